The third-order valence-corrected chi connectivity index (χ3v) is 4.11. The van der Waals surface area contributed by atoms with Gasteiger partial charge in [0.15, 0.2) is 0 Å². The van der Waals surface area contributed by atoms with Crippen LogP contribution in [0.2, 0.25) is 0 Å². The molecule has 1 aromatic carbocycles. The van der Waals surface area contributed by atoms with E-state index in [1.54, 1.807) is 6.07 Å². The first-order valence-corrected chi connectivity index (χ1v) is 7.75. The predicted octanol–water partition coefficient (Wildman–Crippen LogP) is 5.58. The van der Waals surface area contributed by atoms with Crippen LogP contribution in [0.5, 0.6) is 0 Å². The number of nitrogens with zero attached hydrogens (tertiary/aromatic N) is 1. The molecule has 1 rings (SSSR count). The first-order chi connectivity index (χ1) is 9.53. The molecular weight excluding hydrogens is 249 g/mol. The third kappa shape index (κ3) is 4.34. The Kier molecular flexibility index (Phi) is 6.71. The van der Waals surface area contributed by atoms with E-state index >= 15 is 0 Å². The zero-order valence-electron chi connectivity index (χ0n) is 13.2. The molecule has 0 amide bonds. The van der Waals surface area contributed by atoms with Crippen LogP contribution in [0.25, 0.3) is 0 Å². The van der Waals surface area contributed by atoms with Crippen molar-refractivity contribution in [2.45, 2.75) is 65.7 Å². The SMILES string of the molecule is CCCC(C)CCC(C)c1cc(F)cc(CC)c1C#N. The van der Waals surface area contributed by atoms with Gasteiger partial charge in [-0.05, 0) is 47.9 Å². The fourth-order valence-corrected chi connectivity index (χ4v) is 2.82. The van der Waals surface area contributed by atoms with E-state index in [9.17, 15) is 9.65 Å². The summed E-state index contributed by atoms with van der Waals surface area (Å²) in [5, 5.41) is 9.36. The van der Waals surface area contributed by atoms with E-state index in [1.807, 2.05) is 6.92 Å². The molecule has 0 heterocycles. The first kappa shape index (κ1) is 16.7. The molecule has 0 radical (unpaired) electrons. The topological polar surface area (TPSA) is 23.8 Å². The van der Waals surface area contributed by atoms with Crippen molar-refractivity contribution in [2.75, 3.05) is 0 Å². The van der Waals surface area contributed by atoms with Crippen molar-refractivity contribution in [3.63, 3.8) is 0 Å². The molecule has 0 aliphatic rings. The van der Waals surface area contributed by atoms with Gasteiger partial charge in [-0.25, -0.2) is 4.39 Å². The van der Waals surface area contributed by atoms with Crippen LogP contribution in [0.1, 0.15) is 76.0 Å². The number of rotatable bonds is 7. The van der Waals surface area contributed by atoms with Crippen LogP contribution in [-0.4, -0.2) is 0 Å². The van der Waals surface area contributed by atoms with Crippen molar-refractivity contribution in [3.8, 4) is 6.07 Å². The van der Waals surface area contributed by atoms with Gasteiger partial charge >= 0.3 is 0 Å². The van der Waals surface area contributed by atoms with E-state index in [2.05, 4.69) is 26.8 Å². The summed E-state index contributed by atoms with van der Waals surface area (Å²) in [5.41, 5.74) is 2.40. The van der Waals surface area contributed by atoms with Gasteiger partial charge in [0.25, 0.3) is 0 Å². The highest BCUT2D eigenvalue weighted by Gasteiger charge is 2.16. The molecule has 0 bridgehead atoms. The Hall–Kier alpha value is -1.36. The molecule has 0 fully saturated rings. The number of hydrogen-bond acceptors (Lipinski definition) is 1. The average molecular weight is 275 g/mol. The molecule has 0 saturated carbocycles. The number of nitriles is 1. The molecule has 1 aromatic rings. The van der Waals surface area contributed by atoms with Gasteiger partial charge < -0.3 is 0 Å². The van der Waals surface area contributed by atoms with Crippen LogP contribution in [0.4, 0.5) is 4.39 Å². The highest BCUT2D eigenvalue weighted by Crippen LogP contribution is 2.29. The molecule has 110 valence electrons. The summed E-state index contributed by atoms with van der Waals surface area (Å²) in [7, 11) is 0. The maximum absolute atomic E-state index is 13.7. The summed E-state index contributed by atoms with van der Waals surface area (Å²) in [6.07, 6.45) is 5.30. The summed E-state index contributed by atoms with van der Waals surface area (Å²) >= 11 is 0. The zero-order valence-corrected chi connectivity index (χ0v) is 13.2. The highest BCUT2D eigenvalue weighted by molar-refractivity contribution is 5.46. The van der Waals surface area contributed by atoms with Gasteiger partial charge in [-0.15, -0.1) is 0 Å². The predicted molar refractivity (Wildman–Crippen MR) is 82.2 cm³/mol. The van der Waals surface area contributed by atoms with Crippen molar-refractivity contribution in [1.29, 1.82) is 5.26 Å². The van der Waals surface area contributed by atoms with E-state index in [0.29, 0.717) is 17.9 Å². The van der Waals surface area contributed by atoms with E-state index < -0.39 is 0 Å². The Bertz CT molecular complexity index is 473. The second-order valence-electron chi connectivity index (χ2n) is 5.87. The molecule has 2 heteroatoms. The normalized spacial score (nSPS) is 13.8. The van der Waals surface area contributed by atoms with Crippen LogP contribution >= 0.6 is 0 Å². The molecule has 2 atom stereocenters. The molecule has 0 aliphatic heterocycles. The zero-order chi connectivity index (χ0) is 15.1. The van der Waals surface area contributed by atoms with Gasteiger partial charge in [0, 0.05) is 0 Å². The molecule has 20 heavy (non-hydrogen) atoms. The minimum Gasteiger partial charge on any atom is -0.207 e. The fraction of sp³-hybridized carbons (Fsp3) is 0.611. The van der Waals surface area contributed by atoms with Crippen LogP contribution < -0.4 is 0 Å². The average Bonchev–Trinajstić information content (AvgIpc) is 2.43. The van der Waals surface area contributed by atoms with Gasteiger partial charge in [0.05, 0.1) is 11.6 Å². The minimum atomic E-state index is -0.218. The Morgan fingerprint density at radius 3 is 2.40 bits per heavy atom. The highest BCUT2D eigenvalue weighted by atomic mass is 19.1. The molecule has 1 nitrogen and oxygen atoms in total. The molecular formula is C18H26FN. The summed E-state index contributed by atoms with van der Waals surface area (Å²) in [4.78, 5) is 0. The second kappa shape index (κ2) is 8.04. The lowest BCUT2D eigenvalue weighted by Gasteiger charge is -2.18. The van der Waals surface area contributed by atoms with Crippen LogP contribution in [0.3, 0.4) is 0 Å². The Balaban J connectivity index is 2.89. The van der Waals surface area contributed by atoms with Gasteiger partial charge in [0.1, 0.15) is 5.82 Å². The van der Waals surface area contributed by atoms with Crippen LogP contribution in [-0.2, 0) is 6.42 Å². The van der Waals surface area contributed by atoms with Gasteiger partial charge in [-0.2, -0.15) is 5.26 Å². The molecule has 0 aromatic heterocycles. The number of hydrogen-bond donors (Lipinski definition) is 0. The van der Waals surface area contributed by atoms with E-state index in [0.717, 1.165) is 24.0 Å². The molecule has 2 unspecified atom stereocenters. The second-order valence-corrected chi connectivity index (χ2v) is 5.87. The van der Waals surface area contributed by atoms with E-state index in [4.69, 9.17) is 0 Å². The van der Waals surface area contributed by atoms with Gasteiger partial charge in [0.2, 0.25) is 0 Å². The van der Waals surface area contributed by atoms with E-state index in [1.165, 1.54) is 18.9 Å². The summed E-state index contributed by atoms with van der Waals surface area (Å²) < 4.78 is 13.7. The monoisotopic (exact) mass is 275 g/mol. The number of aryl methyl sites for hydroxylation is 1. The third-order valence-electron chi connectivity index (χ3n) is 4.11. The number of benzene rings is 1. The lowest BCUT2D eigenvalue weighted by Crippen LogP contribution is -2.04. The molecule has 0 aliphatic carbocycles. The van der Waals surface area contributed by atoms with Gasteiger partial charge in [-0.1, -0.05) is 47.0 Å². The smallest absolute Gasteiger partial charge is 0.123 e. The lowest BCUT2D eigenvalue weighted by atomic mass is 9.86. The fourth-order valence-electron chi connectivity index (χ4n) is 2.82. The largest absolute Gasteiger partial charge is 0.207 e. The minimum absolute atomic E-state index is 0.218. The summed E-state index contributed by atoms with van der Waals surface area (Å²) in [6.45, 7) is 8.54. The van der Waals surface area contributed by atoms with Crippen molar-refractivity contribution in [2.24, 2.45) is 5.92 Å². The van der Waals surface area contributed by atoms with Crippen molar-refractivity contribution in [3.05, 3.63) is 34.6 Å². The standard InChI is InChI=1S/C18H26FN/c1-5-7-13(3)8-9-14(4)17-11-16(19)10-15(6-2)18(17)12-20/h10-11,13-14H,5-9H2,1-4H3. The Labute approximate surface area is 122 Å². The maximum Gasteiger partial charge on any atom is 0.123 e. The molecule has 0 N–H and O–H groups in total. The Morgan fingerprint density at radius 1 is 1.15 bits per heavy atom. The maximum atomic E-state index is 13.7. The van der Waals surface area contributed by atoms with Crippen LogP contribution in [0, 0.1) is 23.1 Å². The molecule has 0 saturated heterocycles. The van der Waals surface area contributed by atoms with Crippen molar-refractivity contribution < 1.29 is 4.39 Å². The Morgan fingerprint density at radius 2 is 1.85 bits per heavy atom. The van der Waals surface area contributed by atoms with Crippen LogP contribution in [0.15, 0.2) is 12.1 Å². The summed E-state index contributed by atoms with van der Waals surface area (Å²) in [5.74, 6) is 0.724. The molecule has 0 spiro atoms. The quantitative estimate of drug-likeness (QED) is 0.637. The lowest BCUT2D eigenvalue weighted by molar-refractivity contribution is 0.448. The van der Waals surface area contributed by atoms with Crippen molar-refractivity contribution in [1.82, 2.24) is 0 Å². The first-order valence-electron chi connectivity index (χ1n) is 7.75. The number of halogens is 1. The van der Waals surface area contributed by atoms with E-state index in [-0.39, 0.29) is 11.7 Å². The summed E-state index contributed by atoms with van der Waals surface area (Å²) in [6, 6.07) is 5.31. The van der Waals surface area contributed by atoms with Gasteiger partial charge in [-0.3, -0.25) is 0 Å². The van der Waals surface area contributed by atoms with Crippen molar-refractivity contribution >= 4 is 0 Å².